The number of ether oxygens (including phenoxy) is 2. The Hall–Kier alpha value is -0.910. The first-order valence-corrected chi connectivity index (χ1v) is 11.8. The van der Waals surface area contributed by atoms with Gasteiger partial charge in [-0.1, -0.05) is 20.4 Å². The molecule has 158 valence electrons. The van der Waals surface area contributed by atoms with Crippen LogP contribution in [0, 0.1) is 39.9 Å². The largest absolute Gasteiger partial charge is 0.457 e. The summed E-state index contributed by atoms with van der Waals surface area (Å²) in [6, 6.07) is 0.509. The van der Waals surface area contributed by atoms with E-state index in [2.05, 4.69) is 25.3 Å². The highest BCUT2D eigenvalue weighted by Crippen LogP contribution is 2.86. The molecule has 0 aromatic rings. The number of piperidine rings is 1. The zero-order valence-corrected chi connectivity index (χ0v) is 17.8. The molecule has 4 saturated heterocycles. The highest BCUT2D eigenvalue weighted by molar-refractivity contribution is 5.67. The van der Waals surface area contributed by atoms with E-state index in [-0.39, 0.29) is 46.6 Å². The summed E-state index contributed by atoms with van der Waals surface area (Å²) in [6.07, 6.45) is 5.35. The molecule has 0 aromatic heterocycles. The van der Waals surface area contributed by atoms with Gasteiger partial charge in [-0.15, -0.1) is 0 Å². The van der Waals surface area contributed by atoms with Gasteiger partial charge in [0.15, 0.2) is 0 Å². The van der Waals surface area contributed by atoms with Gasteiger partial charge in [0.2, 0.25) is 0 Å². The molecular formula is C24H33NO4. The number of carbonyl (C=O) groups is 1. The van der Waals surface area contributed by atoms with Gasteiger partial charge in [-0.25, -0.2) is 0 Å². The number of hydrogen-bond acceptors (Lipinski definition) is 5. The topological polar surface area (TPSA) is 59.0 Å². The predicted octanol–water partition coefficient (Wildman–Crippen LogP) is 2.73. The molecule has 1 N–H and O–H groups in total. The standard InChI is InChI=1S/C24H33NO4/c1-5-25-19-14-8-16-22(4)7-6-18(29-21(22)25)24(16,19)17-9-15(27)13-10-23(14,17)20(11(13)2)28-12(3)26/h13-21,27H,2,5-10H2,1,3-4H3/t13-,14+,15+,16-,17-,18+,19?,20-,21?,22-,23+,24+/m1/s1. The quantitative estimate of drug-likeness (QED) is 0.572. The van der Waals surface area contributed by atoms with Crippen LogP contribution in [0.4, 0.5) is 0 Å². The smallest absolute Gasteiger partial charge is 0.303 e. The second-order valence-corrected chi connectivity index (χ2v) is 11.5. The van der Waals surface area contributed by atoms with Crippen molar-refractivity contribution in [3.63, 3.8) is 0 Å². The van der Waals surface area contributed by atoms with Crippen molar-refractivity contribution < 1.29 is 19.4 Å². The number of rotatable bonds is 2. The Balaban J connectivity index is 1.47. The normalized spacial score (nSPS) is 63.3. The van der Waals surface area contributed by atoms with Crippen molar-refractivity contribution >= 4 is 5.97 Å². The maximum absolute atomic E-state index is 12.1. The van der Waals surface area contributed by atoms with E-state index in [9.17, 15) is 9.90 Å². The van der Waals surface area contributed by atoms with Gasteiger partial charge in [0.05, 0.1) is 12.2 Å². The molecule has 0 aromatic carbocycles. The monoisotopic (exact) mass is 399 g/mol. The fourth-order valence-corrected chi connectivity index (χ4v) is 10.8. The van der Waals surface area contributed by atoms with E-state index in [0.29, 0.717) is 29.9 Å². The molecule has 0 amide bonds. The first-order valence-electron chi connectivity index (χ1n) is 11.8. The fraction of sp³-hybridized carbons (Fsp3) is 0.875. The summed E-state index contributed by atoms with van der Waals surface area (Å²) in [6.45, 7) is 11.7. The van der Waals surface area contributed by atoms with Gasteiger partial charge in [0, 0.05) is 35.1 Å². The van der Waals surface area contributed by atoms with Gasteiger partial charge in [0.1, 0.15) is 12.3 Å². The zero-order chi connectivity index (χ0) is 20.1. The lowest BCUT2D eigenvalue weighted by Gasteiger charge is -2.73. The maximum atomic E-state index is 12.1. The predicted molar refractivity (Wildman–Crippen MR) is 106 cm³/mol. The number of aliphatic hydroxyl groups excluding tert-OH is 1. The summed E-state index contributed by atoms with van der Waals surface area (Å²) < 4.78 is 12.9. The molecule has 9 rings (SSSR count). The van der Waals surface area contributed by atoms with E-state index in [0.717, 1.165) is 31.4 Å². The first kappa shape index (κ1) is 17.7. The third kappa shape index (κ3) is 1.52. The molecule has 9 aliphatic rings. The van der Waals surface area contributed by atoms with Crippen molar-refractivity contribution in [2.24, 2.45) is 39.9 Å². The minimum Gasteiger partial charge on any atom is -0.457 e. The van der Waals surface area contributed by atoms with E-state index in [1.54, 1.807) is 0 Å². The number of esters is 1. The molecule has 9 fully saturated rings. The summed E-state index contributed by atoms with van der Waals surface area (Å²) in [5, 5.41) is 11.2. The Morgan fingerprint density at radius 3 is 2.90 bits per heavy atom. The third-order valence-electron chi connectivity index (χ3n) is 11.2. The summed E-state index contributed by atoms with van der Waals surface area (Å²) in [7, 11) is 0. The third-order valence-corrected chi connectivity index (χ3v) is 11.2. The summed E-state index contributed by atoms with van der Waals surface area (Å²) in [5.74, 6) is 1.42. The molecule has 5 nitrogen and oxygen atoms in total. The van der Waals surface area contributed by atoms with Crippen LogP contribution in [0.3, 0.4) is 0 Å². The van der Waals surface area contributed by atoms with Crippen molar-refractivity contribution in [2.45, 2.75) is 83.5 Å². The molecule has 4 aliphatic heterocycles. The summed E-state index contributed by atoms with van der Waals surface area (Å²) in [4.78, 5) is 14.8. The molecule has 5 aliphatic carbocycles. The molecule has 9 bridgehead atoms. The van der Waals surface area contributed by atoms with E-state index >= 15 is 0 Å². The van der Waals surface area contributed by atoms with Crippen molar-refractivity contribution in [3.8, 4) is 0 Å². The van der Waals surface area contributed by atoms with Crippen LogP contribution in [0.1, 0.15) is 52.9 Å². The minimum absolute atomic E-state index is 0.0552. The van der Waals surface area contributed by atoms with Crippen LogP contribution in [0.2, 0.25) is 0 Å². The highest BCUT2D eigenvalue weighted by Gasteiger charge is 2.89. The van der Waals surface area contributed by atoms with Crippen LogP contribution in [0.5, 0.6) is 0 Å². The second-order valence-electron chi connectivity index (χ2n) is 11.5. The van der Waals surface area contributed by atoms with Gasteiger partial charge in [0.25, 0.3) is 0 Å². The average Bonchev–Trinajstić information content (AvgIpc) is 3.22. The van der Waals surface area contributed by atoms with Gasteiger partial charge in [-0.2, -0.15) is 0 Å². The average molecular weight is 400 g/mol. The highest BCUT2D eigenvalue weighted by atomic mass is 16.5. The van der Waals surface area contributed by atoms with Crippen LogP contribution in [0.25, 0.3) is 0 Å². The van der Waals surface area contributed by atoms with E-state index < -0.39 is 0 Å². The van der Waals surface area contributed by atoms with Crippen molar-refractivity contribution in [1.82, 2.24) is 4.90 Å². The fourth-order valence-electron chi connectivity index (χ4n) is 10.8. The molecule has 12 atom stereocenters. The van der Waals surface area contributed by atoms with Gasteiger partial charge < -0.3 is 14.6 Å². The van der Waals surface area contributed by atoms with Crippen LogP contribution >= 0.6 is 0 Å². The first-order chi connectivity index (χ1) is 13.8. The second kappa shape index (κ2) is 4.94. The molecular weight excluding hydrogens is 366 g/mol. The van der Waals surface area contributed by atoms with Crippen LogP contribution in [0.15, 0.2) is 12.2 Å². The molecule has 2 spiro atoms. The van der Waals surface area contributed by atoms with E-state index in [1.165, 1.54) is 19.8 Å². The number of hydrogen-bond donors (Lipinski definition) is 1. The van der Waals surface area contributed by atoms with Gasteiger partial charge in [-0.05, 0) is 62.0 Å². The lowest BCUT2D eigenvalue weighted by molar-refractivity contribution is -0.372. The number of aliphatic hydroxyl groups is 1. The van der Waals surface area contributed by atoms with Crippen molar-refractivity contribution in [2.75, 3.05) is 6.54 Å². The molecule has 5 saturated carbocycles. The van der Waals surface area contributed by atoms with Gasteiger partial charge in [-0.3, -0.25) is 9.69 Å². The number of nitrogens with zero attached hydrogens (tertiary/aromatic N) is 1. The maximum Gasteiger partial charge on any atom is 0.303 e. The Bertz CT molecular complexity index is 843. The van der Waals surface area contributed by atoms with Crippen LogP contribution in [-0.4, -0.2) is 53.1 Å². The molecule has 4 heterocycles. The molecule has 29 heavy (non-hydrogen) atoms. The summed E-state index contributed by atoms with van der Waals surface area (Å²) >= 11 is 0. The molecule has 0 radical (unpaired) electrons. The van der Waals surface area contributed by atoms with Crippen molar-refractivity contribution in [3.05, 3.63) is 12.2 Å². The lowest BCUT2D eigenvalue weighted by atomic mass is 9.41. The number of carbonyl (C=O) groups excluding carboxylic acids is 1. The SMILES string of the molecule is C=C1[C@H]2C[C@@]3([C@@H]1OC(C)=O)[C@@H](C[C@@H]2O)[C@@]12C4[C@@H]3C[C@@H]1[C@@]1(C)CC[C@@H]2OC1N4CC. The Labute approximate surface area is 172 Å². The zero-order valence-electron chi connectivity index (χ0n) is 17.8. The Morgan fingerprint density at radius 1 is 1.38 bits per heavy atom. The minimum atomic E-state index is -0.366. The Kier molecular flexibility index (Phi) is 3.02. The summed E-state index contributed by atoms with van der Waals surface area (Å²) in [5.41, 5.74) is 1.24. The Morgan fingerprint density at radius 2 is 2.17 bits per heavy atom. The van der Waals surface area contributed by atoms with Crippen LogP contribution < -0.4 is 0 Å². The number of fused-ring (bicyclic) bond motifs is 2. The van der Waals surface area contributed by atoms with Gasteiger partial charge >= 0.3 is 5.97 Å². The molecule has 5 heteroatoms. The van der Waals surface area contributed by atoms with E-state index in [1.807, 2.05) is 0 Å². The lowest BCUT2D eigenvalue weighted by Crippen LogP contribution is -2.78. The van der Waals surface area contributed by atoms with E-state index in [4.69, 9.17) is 9.47 Å². The van der Waals surface area contributed by atoms with Crippen LogP contribution in [-0.2, 0) is 14.3 Å². The van der Waals surface area contributed by atoms with Crippen molar-refractivity contribution in [1.29, 1.82) is 0 Å². The molecule has 2 unspecified atom stereocenters.